The van der Waals surface area contributed by atoms with Crippen molar-refractivity contribution in [3.63, 3.8) is 0 Å². The van der Waals surface area contributed by atoms with Gasteiger partial charge in [0.05, 0.1) is 11.0 Å². The fourth-order valence-corrected chi connectivity index (χ4v) is 8.64. The van der Waals surface area contributed by atoms with E-state index in [9.17, 15) is 0 Å². The molecular weight excluding hydrogens is 685 g/mol. The summed E-state index contributed by atoms with van der Waals surface area (Å²) < 4.78 is 9.11. The summed E-state index contributed by atoms with van der Waals surface area (Å²) in [4.78, 5) is 15.8. The van der Waals surface area contributed by atoms with Crippen LogP contribution in [0.25, 0.3) is 116 Å². The van der Waals surface area contributed by atoms with Crippen molar-refractivity contribution in [3.8, 4) is 39.9 Å². The van der Waals surface area contributed by atoms with Gasteiger partial charge in [-0.3, -0.25) is 0 Å². The largest absolute Gasteiger partial charge is 0.456 e. The number of furan rings is 1. The molecule has 260 valence electrons. The van der Waals surface area contributed by atoms with Crippen LogP contribution in [0, 0.1) is 0 Å². The Bertz CT molecular complexity index is 3540. The van der Waals surface area contributed by atoms with Gasteiger partial charge in [0.1, 0.15) is 11.2 Å². The molecule has 0 saturated heterocycles. The van der Waals surface area contributed by atoms with Crippen molar-refractivity contribution < 1.29 is 4.42 Å². The van der Waals surface area contributed by atoms with Crippen molar-refractivity contribution in [3.05, 3.63) is 182 Å². The second kappa shape index (κ2) is 11.9. The molecule has 0 atom stereocenters. The standard InChI is InChI=1S/C51H30N4O/c1-2-14-32(15-3-1)49-52-50(40-23-12-19-31-13-6-8-20-37(31)40)54-51(53-49)48-38-21-9-7-18-35(38)29-46-47(48)42-30-36(25-26-45(42)56-46)55-43-24-11-10-22-39(43)41-27-33-16-4-5-17-34(33)28-44(41)55/h1-30H. The Labute approximate surface area is 320 Å². The molecule has 5 heteroatoms. The molecular formula is C51H30N4O. The average molecular weight is 715 g/mol. The summed E-state index contributed by atoms with van der Waals surface area (Å²) in [6.07, 6.45) is 0. The second-order valence-corrected chi connectivity index (χ2v) is 14.4. The number of hydrogen-bond acceptors (Lipinski definition) is 4. The number of nitrogens with zero attached hydrogens (tertiary/aromatic N) is 4. The number of para-hydroxylation sites is 1. The van der Waals surface area contributed by atoms with Crippen LogP contribution in [-0.4, -0.2) is 19.5 Å². The minimum Gasteiger partial charge on any atom is -0.456 e. The van der Waals surface area contributed by atoms with Gasteiger partial charge >= 0.3 is 0 Å². The predicted octanol–water partition coefficient (Wildman–Crippen LogP) is 13.3. The molecule has 0 radical (unpaired) electrons. The number of fused-ring (bicyclic) bond motifs is 9. The lowest BCUT2D eigenvalue weighted by atomic mass is 9.97. The van der Waals surface area contributed by atoms with Gasteiger partial charge in [0.2, 0.25) is 0 Å². The third kappa shape index (κ3) is 4.64. The van der Waals surface area contributed by atoms with Gasteiger partial charge in [0, 0.05) is 43.9 Å². The summed E-state index contributed by atoms with van der Waals surface area (Å²) in [6, 6.07) is 63.9. The summed E-state index contributed by atoms with van der Waals surface area (Å²) in [5.74, 6) is 1.84. The second-order valence-electron chi connectivity index (χ2n) is 14.4. The van der Waals surface area contributed by atoms with E-state index in [0.717, 1.165) is 76.9 Å². The zero-order chi connectivity index (χ0) is 36.7. The molecule has 0 unspecified atom stereocenters. The van der Waals surface area contributed by atoms with Crippen LogP contribution in [-0.2, 0) is 0 Å². The Morgan fingerprint density at radius 3 is 1.89 bits per heavy atom. The first-order valence-corrected chi connectivity index (χ1v) is 18.9. The van der Waals surface area contributed by atoms with Crippen LogP contribution in [0.3, 0.4) is 0 Å². The van der Waals surface area contributed by atoms with Crippen molar-refractivity contribution in [2.24, 2.45) is 0 Å². The summed E-state index contributed by atoms with van der Waals surface area (Å²) in [6.45, 7) is 0. The first kappa shape index (κ1) is 30.8. The highest BCUT2D eigenvalue weighted by Gasteiger charge is 2.23. The average Bonchev–Trinajstić information content (AvgIpc) is 3.79. The Morgan fingerprint density at radius 1 is 0.375 bits per heavy atom. The molecule has 9 aromatic carbocycles. The van der Waals surface area contributed by atoms with Gasteiger partial charge in [-0.25, -0.2) is 15.0 Å². The molecule has 0 aliphatic heterocycles. The van der Waals surface area contributed by atoms with Crippen LogP contribution >= 0.6 is 0 Å². The fraction of sp³-hybridized carbons (Fsp3) is 0. The molecule has 3 aromatic heterocycles. The van der Waals surface area contributed by atoms with Crippen molar-refractivity contribution >= 4 is 76.1 Å². The van der Waals surface area contributed by atoms with Crippen LogP contribution in [0.1, 0.15) is 0 Å². The first-order chi connectivity index (χ1) is 27.7. The Balaban J connectivity index is 1.18. The van der Waals surface area contributed by atoms with Gasteiger partial charge in [-0.05, 0) is 74.8 Å². The summed E-state index contributed by atoms with van der Waals surface area (Å²) in [7, 11) is 0. The van der Waals surface area contributed by atoms with E-state index < -0.39 is 0 Å². The van der Waals surface area contributed by atoms with Crippen molar-refractivity contribution in [2.75, 3.05) is 0 Å². The zero-order valence-corrected chi connectivity index (χ0v) is 30.0. The highest BCUT2D eigenvalue weighted by molar-refractivity contribution is 6.21. The highest BCUT2D eigenvalue weighted by Crippen LogP contribution is 2.43. The van der Waals surface area contributed by atoms with E-state index in [1.807, 2.05) is 18.2 Å². The van der Waals surface area contributed by atoms with Gasteiger partial charge < -0.3 is 8.98 Å². The van der Waals surface area contributed by atoms with E-state index in [4.69, 9.17) is 19.4 Å². The van der Waals surface area contributed by atoms with Gasteiger partial charge in [-0.1, -0.05) is 140 Å². The fourth-order valence-electron chi connectivity index (χ4n) is 8.64. The molecule has 0 N–H and O–H groups in total. The number of benzene rings is 9. The number of aromatic nitrogens is 4. The van der Waals surface area contributed by atoms with Gasteiger partial charge in [0.25, 0.3) is 0 Å². The maximum atomic E-state index is 6.73. The normalized spacial score (nSPS) is 11.9. The van der Waals surface area contributed by atoms with Crippen LogP contribution in [0.5, 0.6) is 0 Å². The Morgan fingerprint density at radius 2 is 1.04 bits per heavy atom. The third-order valence-corrected chi connectivity index (χ3v) is 11.2. The highest BCUT2D eigenvalue weighted by atomic mass is 16.3. The molecule has 56 heavy (non-hydrogen) atoms. The SMILES string of the molecule is c1ccc(-c2nc(-c3cccc4ccccc34)nc(-c3c4ccccc4cc4oc5ccc(-n6c7ccccc7c7cc8ccccc8cc76)cc5c34)n2)cc1. The summed E-state index contributed by atoms with van der Waals surface area (Å²) in [5, 5.41) is 11.2. The van der Waals surface area contributed by atoms with Crippen molar-refractivity contribution in [2.45, 2.75) is 0 Å². The van der Waals surface area contributed by atoms with Crippen molar-refractivity contribution in [1.29, 1.82) is 0 Å². The zero-order valence-electron chi connectivity index (χ0n) is 30.0. The van der Waals surface area contributed by atoms with Gasteiger partial charge in [-0.2, -0.15) is 0 Å². The lowest BCUT2D eigenvalue weighted by Crippen LogP contribution is -2.01. The van der Waals surface area contributed by atoms with E-state index in [-0.39, 0.29) is 0 Å². The van der Waals surface area contributed by atoms with Crippen LogP contribution < -0.4 is 0 Å². The van der Waals surface area contributed by atoms with Gasteiger partial charge in [-0.15, -0.1) is 0 Å². The predicted molar refractivity (Wildman–Crippen MR) is 230 cm³/mol. The third-order valence-electron chi connectivity index (χ3n) is 11.2. The van der Waals surface area contributed by atoms with Gasteiger partial charge in [0.15, 0.2) is 17.5 Å². The quantitative estimate of drug-likeness (QED) is 0.182. The number of hydrogen-bond donors (Lipinski definition) is 0. The van der Waals surface area contributed by atoms with E-state index in [0.29, 0.717) is 17.5 Å². The molecule has 12 aromatic rings. The minimum atomic E-state index is 0.597. The monoisotopic (exact) mass is 714 g/mol. The number of rotatable bonds is 4. The molecule has 0 fully saturated rings. The topological polar surface area (TPSA) is 56.7 Å². The smallest absolute Gasteiger partial charge is 0.165 e. The van der Waals surface area contributed by atoms with Crippen LogP contribution in [0.2, 0.25) is 0 Å². The molecule has 0 spiro atoms. The van der Waals surface area contributed by atoms with E-state index in [1.54, 1.807) is 0 Å². The molecule has 0 amide bonds. The molecule has 0 aliphatic rings. The first-order valence-electron chi connectivity index (χ1n) is 18.9. The van der Waals surface area contributed by atoms with E-state index >= 15 is 0 Å². The maximum Gasteiger partial charge on any atom is 0.165 e. The molecule has 0 saturated carbocycles. The van der Waals surface area contributed by atoms with E-state index in [1.165, 1.54) is 21.5 Å². The molecule has 0 bridgehead atoms. The Hall–Kier alpha value is -7.63. The summed E-state index contributed by atoms with van der Waals surface area (Å²) >= 11 is 0. The molecule has 5 nitrogen and oxygen atoms in total. The minimum absolute atomic E-state index is 0.597. The van der Waals surface area contributed by atoms with Crippen molar-refractivity contribution in [1.82, 2.24) is 19.5 Å². The van der Waals surface area contributed by atoms with Crippen LogP contribution in [0.4, 0.5) is 0 Å². The lowest BCUT2D eigenvalue weighted by molar-refractivity contribution is 0.669. The van der Waals surface area contributed by atoms with Crippen LogP contribution in [0.15, 0.2) is 186 Å². The Kier molecular flexibility index (Phi) is 6.56. The lowest BCUT2D eigenvalue weighted by Gasteiger charge is -2.13. The molecule has 0 aliphatic carbocycles. The maximum absolute atomic E-state index is 6.73. The summed E-state index contributed by atoms with van der Waals surface area (Å²) in [5.41, 5.74) is 7.76. The molecule has 12 rings (SSSR count). The van der Waals surface area contributed by atoms with E-state index in [2.05, 4.69) is 168 Å². The molecule has 3 heterocycles.